The second-order valence-corrected chi connectivity index (χ2v) is 8.05. The number of hydrogen-bond donors (Lipinski definition) is 3. The predicted molar refractivity (Wildman–Crippen MR) is 110 cm³/mol. The Morgan fingerprint density at radius 2 is 1.90 bits per heavy atom. The van der Waals surface area contributed by atoms with E-state index in [1.807, 2.05) is 19.1 Å². The Morgan fingerprint density at radius 1 is 1.17 bits per heavy atom. The van der Waals surface area contributed by atoms with Gasteiger partial charge in [0.2, 0.25) is 0 Å². The van der Waals surface area contributed by atoms with Gasteiger partial charge in [-0.25, -0.2) is 0 Å². The summed E-state index contributed by atoms with van der Waals surface area (Å²) in [5, 5.41) is 20.5. The molecule has 6 nitrogen and oxygen atoms in total. The number of hydrogen-bond acceptors (Lipinski definition) is 5. The van der Waals surface area contributed by atoms with Crippen LogP contribution in [0.2, 0.25) is 0 Å². The van der Waals surface area contributed by atoms with Crippen LogP contribution in [0.25, 0.3) is 0 Å². The average molecular weight is 396 g/mol. The van der Waals surface area contributed by atoms with Crippen LogP contribution in [0.15, 0.2) is 36.4 Å². The maximum atomic E-state index is 12.7. The number of carbonyl (C=O) groups is 1. The number of phenols is 2. The Bertz CT molecular complexity index is 906. The van der Waals surface area contributed by atoms with E-state index >= 15 is 0 Å². The molecule has 0 unspecified atom stereocenters. The molecule has 0 aromatic heterocycles. The van der Waals surface area contributed by atoms with Crippen LogP contribution in [0.3, 0.4) is 0 Å². The molecule has 2 atom stereocenters. The Hall–Kier alpha value is -2.57. The number of amides is 1. The van der Waals surface area contributed by atoms with Gasteiger partial charge in [0.1, 0.15) is 11.5 Å². The number of fused-ring (bicyclic) bond motifs is 1. The number of carbonyl (C=O) groups excluding carboxylic acids is 1. The van der Waals surface area contributed by atoms with E-state index in [9.17, 15) is 15.0 Å². The van der Waals surface area contributed by atoms with E-state index in [2.05, 4.69) is 0 Å². The number of nitrogens with two attached hydrogens (primary N) is 1. The second-order valence-electron chi connectivity index (χ2n) is 8.05. The first-order chi connectivity index (χ1) is 14.0. The summed E-state index contributed by atoms with van der Waals surface area (Å²) in [6.45, 7) is 3.52. The van der Waals surface area contributed by atoms with Crippen molar-refractivity contribution in [3.8, 4) is 11.5 Å². The van der Waals surface area contributed by atoms with Crippen LogP contribution in [0.1, 0.15) is 46.0 Å². The number of phenolic OH excluding ortho intramolecular Hbond substituents is 2. The molecule has 2 aromatic carbocycles. The molecule has 4 N–H and O–H groups in total. The fourth-order valence-corrected chi connectivity index (χ4v) is 4.58. The SMILES string of the molecule is Cc1ccc2c(c1O)C[C@@H](C1CCN(C(=O)c3ccccc3O)CC1)O[C@H]2CN. The first-order valence-corrected chi connectivity index (χ1v) is 10.2. The number of ether oxygens (including phenoxy) is 1. The quantitative estimate of drug-likeness (QED) is 0.741. The molecule has 2 aromatic rings. The first kappa shape index (κ1) is 19.7. The van der Waals surface area contributed by atoms with Gasteiger partial charge in [0.25, 0.3) is 5.91 Å². The van der Waals surface area contributed by atoms with Crippen molar-refractivity contribution < 1.29 is 19.7 Å². The largest absolute Gasteiger partial charge is 0.507 e. The molecular weight excluding hydrogens is 368 g/mol. The number of rotatable bonds is 3. The molecule has 2 heterocycles. The summed E-state index contributed by atoms with van der Waals surface area (Å²) in [5.74, 6) is 0.528. The highest BCUT2D eigenvalue weighted by Crippen LogP contribution is 2.40. The van der Waals surface area contributed by atoms with Crippen molar-refractivity contribution >= 4 is 5.91 Å². The highest BCUT2D eigenvalue weighted by molar-refractivity contribution is 5.96. The van der Waals surface area contributed by atoms with E-state index in [1.54, 1.807) is 23.1 Å². The lowest BCUT2D eigenvalue weighted by Crippen LogP contribution is -2.44. The molecule has 4 rings (SSSR count). The Balaban J connectivity index is 1.46. The van der Waals surface area contributed by atoms with Crippen molar-refractivity contribution in [3.63, 3.8) is 0 Å². The Morgan fingerprint density at radius 3 is 2.59 bits per heavy atom. The fraction of sp³-hybridized carbons (Fsp3) is 0.435. The smallest absolute Gasteiger partial charge is 0.257 e. The molecule has 1 fully saturated rings. The van der Waals surface area contributed by atoms with Gasteiger partial charge in [0.05, 0.1) is 17.8 Å². The van der Waals surface area contributed by atoms with Crippen molar-refractivity contribution in [2.45, 2.75) is 38.4 Å². The standard InChI is InChI=1S/C23H28N2O4/c1-14-6-7-16-18(22(14)27)12-20(29-21(16)13-24)15-8-10-25(11-9-15)23(28)17-4-2-3-5-19(17)26/h2-7,15,20-21,26-27H,8-13,24H2,1H3/t20-,21-/m0/s1. The molecule has 0 aliphatic carbocycles. The van der Waals surface area contributed by atoms with Gasteiger partial charge in [0, 0.05) is 31.6 Å². The number of likely N-dealkylation sites (tertiary alicyclic amines) is 1. The van der Waals surface area contributed by atoms with Gasteiger partial charge in [-0.15, -0.1) is 0 Å². The first-order valence-electron chi connectivity index (χ1n) is 10.2. The molecule has 0 bridgehead atoms. The van der Waals surface area contributed by atoms with Crippen LogP contribution in [-0.2, 0) is 11.2 Å². The third-order valence-electron chi connectivity index (χ3n) is 6.31. The summed E-state index contributed by atoms with van der Waals surface area (Å²) >= 11 is 0. The zero-order valence-corrected chi connectivity index (χ0v) is 16.7. The van der Waals surface area contributed by atoms with E-state index in [1.165, 1.54) is 6.07 Å². The van der Waals surface area contributed by atoms with Crippen molar-refractivity contribution in [2.24, 2.45) is 11.7 Å². The normalized spacial score (nSPS) is 22.3. The number of para-hydroxylation sites is 1. The Labute approximate surface area is 170 Å². The lowest BCUT2D eigenvalue weighted by Gasteiger charge is -2.40. The number of aromatic hydroxyl groups is 2. The summed E-state index contributed by atoms with van der Waals surface area (Å²) in [6, 6.07) is 10.6. The van der Waals surface area contributed by atoms with Gasteiger partial charge in [-0.2, -0.15) is 0 Å². The van der Waals surface area contributed by atoms with E-state index in [0.29, 0.717) is 43.3 Å². The molecule has 1 saturated heterocycles. The van der Waals surface area contributed by atoms with Crippen LogP contribution in [0.5, 0.6) is 11.5 Å². The average Bonchev–Trinajstić information content (AvgIpc) is 2.75. The third-order valence-corrected chi connectivity index (χ3v) is 6.31. The van der Waals surface area contributed by atoms with Gasteiger partial charge < -0.3 is 25.6 Å². The summed E-state index contributed by atoms with van der Waals surface area (Å²) in [6.07, 6.45) is 2.08. The maximum absolute atomic E-state index is 12.7. The summed E-state index contributed by atoms with van der Waals surface area (Å²) in [5.41, 5.74) is 9.10. The van der Waals surface area contributed by atoms with Gasteiger partial charge >= 0.3 is 0 Å². The molecule has 2 aliphatic heterocycles. The summed E-state index contributed by atoms with van der Waals surface area (Å²) < 4.78 is 6.32. The van der Waals surface area contributed by atoms with Gasteiger partial charge in [-0.05, 0) is 48.9 Å². The van der Waals surface area contributed by atoms with Crippen LogP contribution >= 0.6 is 0 Å². The van der Waals surface area contributed by atoms with E-state index in [-0.39, 0.29) is 23.9 Å². The monoisotopic (exact) mass is 396 g/mol. The predicted octanol–water partition coefficient (Wildman–Crippen LogP) is 2.90. The molecule has 0 spiro atoms. The zero-order chi connectivity index (χ0) is 20.5. The van der Waals surface area contributed by atoms with Crippen molar-refractivity contribution in [3.05, 3.63) is 58.7 Å². The topological polar surface area (TPSA) is 96.0 Å². The van der Waals surface area contributed by atoms with Crippen LogP contribution in [0, 0.1) is 12.8 Å². The molecule has 6 heteroatoms. The maximum Gasteiger partial charge on any atom is 0.257 e. The number of aryl methyl sites for hydroxylation is 1. The highest BCUT2D eigenvalue weighted by Gasteiger charge is 2.36. The Kier molecular flexibility index (Phi) is 5.48. The van der Waals surface area contributed by atoms with Crippen LogP contribution in [0.4, 0.5) is 0 Å². The molecule has 2 aliphatic rings. The number of benzene rings is 2. The number of nitrogens with zero attached hydrogens (tertiary/aromatic N) is 1. The molecule has 0 saturated carbocycles. The molecule has 0 radical (unpaired) electrons. The van der Waals surface area contributed by atoms with Gasteiger partial charge in [0.15, 0.2) is 0 Å². The zero-order valence-electron chi connectivity index (χ0n) is 16.7. The fourth-order valence-electron chi connectivity index (χ4n) is 4.58. The molecule has 154 valence electrons. The van der Waals surface area contributed by atoms with Crippen LogP contribution in [-0.4, -0.2) is 46.8 Å². The second kappa shape index (κ2) is 8.05. The molecular formula is C23H28N2O4. The molecule has 29 heavy (non-hydrogen) atoms. The van der Waals surface area contributed by atoms with E-state index < -0.39 is 0 Å². The highest BCUT2D eigenvalue weighted by atomic mass is 16.5. The van der Waals surface area contributed by atoms with Crippen LogP contribution < -0.4 is 5.73 Å². The minimum atomic E-state index is -0.212. The minimum Gasteiger partial charge on any atom is -0.507 e. The minimum absolute atomic E-state index is 0.0171. The summed E-state index contributed by atoms with van der Waals surface area (Å²) in [7, 11) is 0. The molecule has 1 amide bonds. The van der Waals surface area contributed by atoms with Gasteiger partial charge in [-0.3, -0.25) is 4.79 Å². The third kappa shape index (κ3) is 3.70. The lowest BCUT2D eigenvalue weighted by atomic mass is 9.83. The van der Waals surface area contributed by atoms with Gasteiger partial charge in [-0.1, -0.05) is 24.3 Å². The van der Waals surface area contributed by atoms with Crippen molar-refractivity contribution in [1.82, 2.24) is 4.90 Å². The van der Waals surface area contributed by atoms with Crippen molar-refractivity contribution in [1.29, 1.82) is 0 Å². The van der Waals surface area contributed by atoms with Crippen molar-refractivity contribution in [2.75, 3.05) is 19.6 Å². The summed E-state index contributed by atoms with van der Waals surface area (Å²) in [4.78, 5) is 14.5. The van der Waals surface area contributed by atoms with E-state index in [0.717, 1.165) is 29.5 Å². The lowest BCUT2D eigenvalue weighted by molar-refractivity contribution is -0.0632. The van der Waals surface area contributed by atoms with E-state index in [4.69, 9.17) is 10.5 Å². The number of piperidine rings is 1.